The van der Waals surface area contributed by atoms with Gasteiger partial charge in [0.05, 0.1) is 33.5 Å². The van der Waals surface area contributed by atoms with E-state index in [1.165, 1.54) is 14.0 Å². The summed E-state index contributed by atoms with van der Waals surface area (Å²) in [7, 11) is 1.21. The lowest BCUT2D eigenvalue weighted by molar-refractivity contribution is -0.173. The van der Waals surface area contributed by atoms with Crippen LogP contribution in [0.1, 0.15) is 89.5 Å². The first-order valence-electron chi connectivity index (χ1n) is 13.2. The van der Waals surface area contributed by atoms with Gasteiger partial charge in [-0.3, -0.25) is 24.1 Å². The van der Waals surface area contributed by atoms with Crippen molar-refractivity contribution in [3.05, 3.63) is 98.6 Å². The molecule has 0 saturated heterocycles. The van der Waals surface area contributed by atoms with E-state index in [1.807, 2.05) is 0 Å². The molecule has 2 aliphatic heterocycles. The minimum atomic E-state index is -4.98. The molecule has 0 aliphatic carbocycles. The molecule has 0 N–H and O–H groups in total. The number of halogens is 6. The first kappa shape index (κ1) is 30.0. The molecule has 0 bridgehead atoms. The maximum absolute atomic E-state index is 14.9. The summed E-state index contributed by atoms with van der Waals surface area (Å²) in [5.74, 6) is -3.44. The van der Waals surface area contributed by atoms with Crippen LogP contribution in [-0.4, -0.2) is 41.8 Å². The van der Waals surface area contributed by atoms with Gasteiger partial charge in [0.2, 0.25) is 0 Å². The highest BCUT2D eigenvalue weighted by Gasteiger charge is 2.55. The molecule has 2 heterocycles. The number of hydrogen-bond donors (Lipinski definition) is 0. The van der Waals surface area contributed by atoms with Crippen molar-refractivity contribution in [2.45, 2.75) is 51.4 Å². The van der Waals surface area contributed by atoms with Crippen molar-refractivity contribution in [1.82, 2.24) is 4.90 Å². The maximum atomic E-state index is 14.9. The average molecular weight is 603 g/mol. The number of fused-ring (bicyclic) bond motifs is 2. The third-order valence-electron chi connectivity index (χ3n) is 8.22. The van der Waals surface area contributed by atoms with Crippen LogP contribution < -0.4 is 4.90 Å². The Bertz CT molecular complexity index is 1740. The lowest BCUT2D eigenvalue weighted by atomic mass is 9.74. The van der Waals surface area contributed by atoms with Crippen LogP contribution >= 0.6 is 0 Å². The van der Waals surface area contributed by atoms with E-state index < -0.39 is 58.1 Å². The average Bonchev–Trinajstić information content (AvgIpc) is 3.31. The fourth-order valence-corrected chi connectivity index (χ4v) is 5.67. The summed E-state index contributed by atoms with van der Waals surface area (Å²) in [5.41, 5.74) is -5.34. The fraction of sp³-hybridized carbons (Fsp3) is 0.290. The summed E-state index contributed by atoms with van der Waals surface area (Å²) in [6.07, 6.45) is -9.02. The van der Waals surface area contributed by atoms with Crippen molar-refractivity contribution in [3.8, 4) is 0 Å². The molecule has 0 spiro atoms. The highest BCUT2D eigenvalue weighted by Crippen LogP contribution is 2.48. The minimum Gasteiger partial charge on any atom is -0.277 e. The molecule has 1 atom stereocenters. The van der Waals surface area contributed by atoms with Crippen LogP contribution in [0.2, 0.25) is 0 Å². The van der Waals surface area contributed by atoms with Crippen LogP contribution in [0.25, 0.3) is 0 Å². The number of nitrogens with zero attached hydrogens (tertiary/aromatic N) is 2. The smallest absolute Gasteiger partial charge is 0.277 e. The second kappa shape index (κ2) is 9.78. The molecular formula is C31H24F6N2O4. The topological polar surface area (TPSA) is 74.8 Å². The summed E-state index contributed by atoms with van der Waals surface area (Å²) in [5, 5.41) is 0. The van der Waals surface area contributed by atoms with Gasteiger partial charge in [-0.05, 0) is 78.9 Å². The van der Waals surface area contributed by atoms with Gasteiger partial charge in [0.15, 0.2) is 0 Å². The highest BCUT2D eigenvalue weighted by atomic mass is 19.4. The van der Waals surface area contributed by atoms with Crippen LogP contribution in [0.4, 0.5) is 32.0 Å². The second-order valence-electron chi connectivity index (χ2n) is 10.8. The molecule has 0 aromatic heterocycles. The first-order valence-corrected chi connectivity index (χ1v) is 13.2. The van der Waals surface area contributed by atoms with Crippen molar-refractivity contribution < 1.29 is 45.5 Å². The van der Waals surface area contributed by atoms with Crippen molar-refractivity contribution in [3.63, 3.8) is 0 Å². The van der Waals surface area contributed by atoms with E-state index in [4.69, 9.17) is 0 Å². The zero-order chi connectivity index (χ0) is 31.8. The number of amides is 4. The van der Waals surface area contributed by atoms with Gasteiger partial charge in [0.1, 0.15) is 5.41 Å². The van der Waals surface area contributed by atoms with E-state index in [9.17, 15) is 45.5 Å². The van der Waals surface area contributed by atoms with E-state index in [2.05, 4.69) is 0 Å². The third kappa shape index (κ3) is 4.42. The van der Waals surface area contributed by atoms with E-state index in [1.54, 1.807) is 6.92 Å². The molecule has 5 rings (SSSR count). The van der Waals surface area contributed by atoms with Crippen molar-refractivity contribution in [1.29, 1.82) is 0 Å². The summed E-state index contributed by atoms with van der Waals surface area (Å²) in [6, 6.07) is 7.81. The van der Waals surface area contributed by atoms with Crippen LogP contribution in [0.5, 0.6) is 0 Å². The molecule has 224 valence electrons. The van der Waals surface area contributed by atoms with Gasteiger partial charge in [-0.15, -0.1) is 0 Å². The Balaban J connectivity index is 1.65. The predicted molar refractivity (Wildman–Crippen MR) is 143 cm³/mol. The van der Waals surface area contributed by atoms with Gasteiger partial charge in [-0.25, -0.2) is 4.90 Å². The quantitative estimate of drug-likeness (QED) is 0.236. The number of carbonyl (C=O) groups excluding carboxylic acids is 4. The van der Waals surface area contributed by atoms with E-state index in [0.29, 0.717) is 23.0 Å². The fourth-order valence-electron chi connectivity index (χ4n) is 5.67. The summed E-state index contributed by atoms with van der Waals surface area (Å²) >= 11 is 0. The van der Waals surface area contributed by atoms with Crippen molar-refractivity contribution >= 4 is 29.3 Å². The number of imide groups is 2. The van der Waals surface area contributed by atoms with Crippen LogP contribution in [-0.2, 0) is 18.0 Å². The van der Waals surface area contributed by atoms with E-state index in [0.717, 1.165) is 54.3 Å². The molecule has 0 radical (unpaired) electrons. The Kier molecular flexibility index (Phi) is 6.82. The lowest BCUT2D eigenvalue weighted by Gasteiger charge is -2.33. The lowest BCUT2D eigenvalue weighted by Crippen LogP contribution is -2.41. The zero-order valence-electron chi connectivity index (χ0n) is 23.3. The molecule has 43 heavy (non-hydrogen) atoms. The number of rotatable bonds is 5. The third-order valence-corrected chi connectivity index (χ3v) is 8.22. The van der Waals surface area contributed by atoms with E-state index in [-0.39, 0.29) is 39.9 Å². The molecule has 3 aromatic carbocycles. The van der Waals surface area contributed by atoms with Crippen LogP contribution in [0.15, 0.2) is 48.5 Å². The maximum Gasteiger partial charge on any atom is 0.416 e. The monoisotopic (exact) mass is 602 g/mol. The number of alkyl halides is 6. The Labute approximate surface area is 241 Å². The Morgan fingerprint density at radius 2 is 1.16 bits per heavy atom. The van der Waals surface area contributed by atoms with Gasteiger partial charge in [0.25, 0.3) is 23.6 Å². The summed E-state index contributed by atoms with van der Waals surface area (Å²) in [4.78, 5) is 53.2. The Hall–Kier alpha value is -4.48. The normalized spacial score (nSPS) is 16.6. The van der Waals surface area contributed by atoms with Crippen LogP contribution in [0, 0.1) is 6.92 Å². The molecule has 3 aromatic rings. The Morgan fingerprint density at radius 1 is 0.674 bits per heavy atom. The number of hydrogen-bond acceptors (Lipinski definition) is 4. The molecule has 0 fully saturated rings. The number of anilines is 1. The number of carbonyl (C=O) groups is 4. The molecule has 1 unspecified atom stereocenters. The van der Waals surface area contributed by atoms with Gasteiger partial charge < -0.3 is 0 Å². The van der Waals surface area contributed by atoms with Gasteiger partial charge in [0, 0.05) is 7.05 Å². The highest BCUT2D eigenvalue weighted by molar-refractivity contribution is 6.34. The SMILES string of the molecule is CCCc1c(C)cc(C(F)(F)F)cc1N1C(=O)c2ccc(C(C)(c3ccc4c(c3)C(=O)N(C)C4=O)C(F)(F)F)cc2C1=O. The van der Waals surface area contributed by atoms with Crippen molar-refractivity contribution in [2.75, 3.05) is 11.9 Å². The van der Waals surface area contributed by atoms with E-state index >= 15 is 0 Å². The van der Waals surface area contributed by atoms with Gasteiger partial charge in [-0.2, -0.15) is 26.3 Å². The minimum absolute atomic E-state index is 0.0505. The predicted octanol–water partition coefficient (Wildman–Crippen LogP) is 6.86. The summed E-state index contributed by atoms with van der Waals surface area (Å²) < 4.78 is 85.6. The number of benzene rings is 3. The van der Waals surface area contributed by atoms with Gasteiger partial charge in [-0.1, -0.05) is 25.5 Å². The molecule has 4 amide bonds. The largest absolute Gasteiger partial charge is 0.416 e. The van der Waals surface area contributed by atoms with Crippen LogP contribution in [0.3, 0.4) is 0 Å². The molecule has 12 heteroatoms. The number of aryl methyl sites for hydroxylation is 1. The Morgan fingerprint density at radius 3 is 1.67 bits per heavy atom. The summed E-state index contributed by atoms with van der Waals surface area (Å²) in [6.45, 7) is 4.05. The molecule has 0 saturated carbocycles. The second-order valence-corrected chi connectivity index (χ2v) is 10.8. The molecule has 6 nitrogen and oxygen atoms in total. The zero-order valence-corrected chi connectivity index (χ0v) is 23.3. The van der Waals surface area contributed by atoms with Gasteiger partial charge >= 0.3 is 12.4 Å². The standard InChI is InChI=1S/C31H24F6N2O4/c1-5-6-19-15(2)11-18(30(32,33)34)14-24(19)39-27(42)21-10-8-17(13-23(21)28(39)43)29(3,31(35,36)37)16-7-9-20-22(12-16)26(41)38(4)25(20)40/h7-14H,5-6H2,1-4H3. The first-order chi connectivity index (χ1) is 19.9. The molecule has 2 aliphatic rings. The molecular weight excluding hydrogens is 578 g/mol. The van der Waals surface area contributed by atoms with Crippen molar-refractivity contribution in [2.24, 2.45) is 0 Å².